The molecular weight excluding hydrogens is 224 g/mol. The van der Waals surface area contributed by atoms with Crippen LogP contribution >= 0.6 is 0 Å². The zero-order chi connectivity index (χ0) is 12.5. The average molecular weight is 246 g/mol. The Morgan fingerprint density at radius 2 is 2.28 bits per heavy atom. The van der Waals surface area contributed by atoms with Gasteiger partial charge in [0.15, 0.2) is 0 Å². The van der Waals surface area contributed by atoms with Crippen molar-refractivity contribution in [3.8, 4) is 5.75 Å². The van der Waals surface area contributed by atoms with Gasteiger partial charge in [-0.3, -0.25) is 4.90 Å². The van der Waals surface area contributed by atoms with Gasteiger partial charge in [0.05, 0.1) is 0 Å². The van der Waals surface area contributed by atoms with Gasteiger partial charge in [0.25, 0.3) is 0 Å². The molecule has 0 aromatic heterocycles. The summed E-state index contributed by atoms with van der Waals surface area (Å²) in [6.45, 7) is 6.82. The van der Waals surface area contributed by atoms with Crippen molar-refractivity contribution >= 4 is 0 Å². The molecule has 3 unspecified atom stereocenters. The fourth-order valence-corrected chi connectivity index (χ4v) is 3.74. The number of phenols is 1. The van der Waals surface area contributed by atoms with Gasteiger partial charge in [0, 0.05) is 19.1 Å². The quantitative estimate of drug-likeness (QED) is 0.854. The first-order valence-electron chi connectivity index (χ1n) is 7.00. The Labute approximate surface area is 109 Å². The van der Waals surface area contributed by atoms with Crippen molar-refractivity contribution in [3.63, 3.8) is 0 Å². The van der Waals surface area contributed by atoms with Crippen molar-refractivity contribution in [1.29, 1.82) is 0 Å². The molecule has 98 valence electrons. The number of hydrogen-bond acceptors (Lipinski definition) is 3. The van der Waals surface area contributed by atoms with Gasteiger partial charge in [-0.25, -0.2) is 0 Å². The lowest BCUT2D eigenvalue weighted by Gasteiger charge is -2.26. The van der Waals surface area contributed by atoms with Crippen LogP contribution in [-0.4, -0.2) is 35.7 Å². The van der Waals surface area contributed by atoms with E-state index in [1.54, 1.807) is 6.07 Å². The van der Waals surface area contributed by atoms with E-state index < -0.39 is 0 Å². The Morgan fingerprint density at radius 3 is 3.06 bits per heavy atom. The molecule has 2 fully saturated rings. The summed E-state index contributed by atoms with van der Waals surface area (Å²) in [6.07, 6.45) is 1.22. The van der Waals surface area contributed by atoms with E-state index in [2.05, 4.69) is 23.2 Å². The second-order valence-electron chi connectivity index (χ2n) is 5.66. The zero-order valence-corrected chi connectivity index (χ0v) is 11.0. The van der Waals surface area contributed by atoms with E-state index in [-0.39, 0.29) is 0 Å². The summed E-state index contributed by atoms with van der Waals surface area (Å²) in [7, 11) is 0. The molecule has 3 atom stereocenters. The van der Waals surface area contributed by atoms with Gasteiger partial charge < -0.3 is 10.4 Å². The molecule has 1 aromatic rings. The standard InChI is InChI=1S/C15H22N2O/c1-2-15-14-8-16-7-12(14)10-17(15)9-11-4-3-5-13(18)6-11/h3-6,12,14-16,18H,2,7-10H2,1H3. The second-order valence-corrected chi connectivity index (χ2v) is 5.66. The molecule has 0 amide bonds. The number of aromatic hydroxyl groups is 1. The van der Waals surface area contributed by atoms with Gasteiger partial charge >= 0.3 is 0 Å². The van der Waals surface area contributed by atoms with Gasteiger partial charge in [-0.2, -0.15) is 0 Å². The minimum absolute atomic E-state index is 0.376. The summed E-state index contributed by atoms with van der Waals surface area (Å²) >= 11 is 0. The fraction of sp³-hybridized carbons (Fsp3) is 0.600. The first kappa shape index (κ1) is 12.0. The van der Waals surface area contributed by atoms with E-state index >= 15 is 0 Å². The Kier molecular flexibility index (Phi) is 3.27. The molecule has 2 aliphatic rings. The number of nitrogens with zero attached hydrogens (tertiary/aromatic N) is 1. The first-order chi connectivity index (χ1) is 8.78. The van der Waals surface area contributed by atoms with Crippen molar-refractivity contribution < 1.29 is 5.11 Å². The molecule has 0 saturated carbocycles. The fourth-order valence-electron chi connectivity index (χ4n) is 3.74. The van der Waals surface area contributed by atoms with Crippen molar-refractivity contribution in [3.05, 3.63) is 29.8 Å². The molecule has 2 saturated heterocycles. The predicted molar refractivity (Wildman–Crippen MR) is 72.4 cm³/mol. The number of nitrogens with one attached hydrogen (secondary N) is 1. The minimum Gasteiger partial charge on any atom is -0.508 e. The number of hydrogen-bond donors (Lipinski definition) is 2. The molecule has 0 aliphatic carbocycles. The normalized spacial score (nSPS) is 31.7. The van der Waals surface area contributed by atoms with Crippen LogP contribution < -0.4 is 5.32 Å². The smallest absolute Gasteiger partial charge is 0.115 e. The molecule has 2 heterocycles. The SMILES string of the molecule is CCC1C2CNCC2CN1Cc1cccc(O)c1. The van der Waals surface area contributed by atoms with Crippen LogP contribution in [0, 0.1) is 11.8 Å². The second kappa shape index (κ2) is 4.90. The highest BCUT2D eigenvalue weighted by atomic mass is 16.3. The van der Waals surface area contributed by atoms with Crippen molar-refractivity contribution in [2.45, 2.75) is 25.9 Å². The lowest BCUT2D eigenvalue weighted by Crippen LogP contribution is -2.34. The molecule has 18 heavy (non-hydrogen) atoms. The molecule has 3 rings (SSSR count). The van der Waals surface area contributed by atoms with Crippen molar-refractivity contribution in [1.82, 2.24) is 10.2 Å². The zero-order valence-electron chi connectivity index (χ0n) is 11.0. The third kappa shape index (κ3) is 2.13. The summed E-state index contributed by atoms with van der Waals surface area (Å²) in [4.78, 5) is 2.60. The van der Waals surface area contributed by atoms with Crippen LogP contribution in [0.2, 0.25) is 0 Å². The molecule has 3 nitrogen and oxygen atoms in total. The molecule has 0 radical (unpaired) electrons. The highest BCUT2D eigenvalue weighted by Gasteiger charge is 2.42. The lowest BCUT2D eigenvalue weighted by molar-refractivity contribution is 0.210. The third-order valence-corrected chi connectivity index (χ3v) is 4.54. The van der Waals surface area contributed by atoms with Crippen LogP contribution in [0.5, 0.6) is 5.75 Å². The van der Waals surface area contributed by atoms with E-state index in [0.29, 0.717) is 11.8 Å². The summed E-state index contributed by atoms with van der Waals surface area (Å²) in [5.74, 6) is 2.03. The summed E-state index contributed by atoms with van der Waals surface area (Å²) < 4.78 is 0. The van der Waals surface area contributed by atoms with Crippen LogP contribution in [-0.2, 0) is 6.54 Å². The van der Waals surface area contributed by atoms with Gasteiger partial charge in [-0.1, -0.05) is 19.1 Å². The third-order valence-electron chi connectivity index (χ3n) is 4.54. The van der Waals surface area contributed by atoms with Crippen LogP contribution in [0.25, 0.3) is 0 Å². The average Bonchev–Trinajstić information content (AvgIpc) is 2.89. The summed E-state index contributed by atoms with van der Waals surface area (Å²) in [5, 5.41) is 13.1. The predicted octanol–water partition coefficient (Wildman–Crippen LogP) is 1.82. The molecular formula is C15H22N2O. The van der Waals surface area contributed by atoms with Gasteiger partial charge in [0.1, 0.15) is 5.75 Å². The molecule has 0 spiro atoms. The van der Waals surface area contributed by atoms with E-state index in [1.165, 1.54) is 31.6 Å². The van der Waals surface area contributed by atoms with E-state index in [1.807, 2.05) is 12.1 Å². The maximum atomic E-state index is 9.54. The largest absolute Gasteiger partial charge is 0.508 e. The van der Waals surface area contributed by atoms with E-state index in [9.17, 15) is 5.11 Å². The van der Waals surface area contributed by atoms with E-state index in [0.717, 1.165) is 18.4 Å². The Balaban J connectivity index is 1.73. The first-order valence-corrected chi connectivity index (χ1v) is 7.00. The number of likely N-dealkylation sites (tertiary alicyclic amines) is 1. The highest BCUT2D eigenvalue weighted by Crippen LogP contribution is 2.35. The highest BCUT2D eigenvalue weighted by molar-refractivity contribution is 5.27. The monoisotopic (exact) mass is 246 g/mol. The van der Waals surface area contributed by atoms with Gasteiger partial charge in [-0.05, 0) is 49.0 Å². The molecule has 2 aliphatic heterocycles. The Bertz CT molecular complexity index is 421. The lowest BCUT2D eigenvalue weighted by atomic mass is 9.93. The molecule has 2 N–H and O–H groups in total. The topological polar surface area (TPSA) is 35.5 Å². The van der Waals surface area contributed by atoms with Crippen LogP contribution in [0.4, 0.5) is 0 Å². The van der Waals surface area contributed by atoms with Crippen LogP contribution in [0.3, 0.4) is 0 Å². The summed E-state index contributed by atoms with van der Waals surface area (Å²) in [5.41, 5.74) is 1.22. The number of fused-ring (bicyclic) bond motifs is 1. The Hall–Kier alpha value is -1.06. The number of benzene rings is 1. The molecule has 1 aromatic carbocycles. The Morgan fingerprint density at radius 1 is 1.39 bits per heavy atom. The maximum Gasteiger partial charge on any atom is 0.115 e. The van der Waals surface area contributed by atoms with Crippen molar-refractivity contribution in [2.24, 2.45) is 11.8 Å². The summed E-state index contributed by atoms with van der Waals surface area (Å²) in [6, 6.07) is 8.37. The van der Waals surface area contributed by atoms with Gasteiger partial charge in [-0.15, -0.1) is 0 Å². The maximum absolute atomic E-state index is 9.54. The molecule has 0 bridgehead atoms. The van der Waals surface area contributed by atoms with Crippen molar-refractivity contribution in [2.75, 3.05) is 19.6 Å². The van der Waals surface area contributed by atoms with Crippen LogP contribution in [0.1, 0.15) is 18.9 Å². The minimum atomic E-state index is 0.376. The van der Waals surface area contributed by atoms with E-state index in [4.69, 9.17) is 0 Å². The van der Waals surface area contributed by atoms with Crippen LogP contribution in [0.15, 0.2) is 24.3 Å². The number of rotatable bonds is 3. The van der Waals surface area contributed by atoms with Gasteiger partial charge in [0.2, 0.25) is 0 Å². The number of phenolic OH excluding ortho intramolecular Hbond substituents is 1. The molecule has 3 heteroatoms.